The average Bonchev–Trinajstić information content (AvgIpc) is 3.13. The number of anilines is 1. The lowest BCUT2D eigenvalue weighted by molar-refractivity contribution is 0.281. The Morgan fingerprint density at radius 3 is 2.61 bits per heavy atom. The highest BCUT2D eigenvalue weighted by Crippen LogP contribution is 2.31. The van der Waals surface area contributed by atoms with Crippen molar-refractivity contribution in [3.8, 4) is 0 Å². The average molecular weight is 261 g/mol. The Hall–Kier alpha value is -1.46. The lowest BCUT2D eigenvalue weighted by atomic mass is 10.3. The van der Waals surface area contributed by atoms with Gasteiger partial charge in [-0.1, -0.05) is 0 Å². The first kappa shape index (κ1) is 11.6. The number of hydrogen-bond acceptors (Lipinski definition) is 5. The van der Waals surface area contributed by atoms with E-state index in [1.165, 1.54) is 18.4 Å². The van der Waals surface area contributed by atoms with Crippen LogP contribution in [0.3, 0.4) is 0 Å². The van der Waals surface area contributed by atoms with E-state index in [9.17, 15) is 0 Å². The normalized spacial score (nSPS) is 14.7. The SMILES string of the molecule is OCc1cnc(N(Cc2ccsc2)C2CC2)nc1. The van der Waals surface area contributed by atoms with Crippen molar-refractivity contribution in [1.29, 1.82) is 0 Å². The van der Waals surface area contributed by atoms with Gasteiger partial charge in [0.2, 0.25) is 5.95 Å². The second-order valence-corrected chi connectivity index (χ2v) is 5.32. The molecule has 0 saturated heterocycles. The van der Waals surface area contributed by atoms with Gasteiger partial charge >= 0.3 is 0 Å². The molecule has 1 N–H and O–H groups in total. The molecule has 0 aromatic carbocycles. The fourth-order valence-corrected chi connectivity index (χ4v) is 2.57. The highest BCUT2D eigenvalue weighted by Gasteiger charge is 2.30. The van der Waals surface area contributed by atoms with Crippen molar-refractivity contribution in [3.05, 3.63) is 40.3 Å². The van der Waals surface area contributed by atoms with E-state index in [2.05, 4.69) is 31.7 Å². The van der Waals surface area contributed by atoms with Crippen molar-refractivity contribution >= 4 is 17.3 Å². The number of aromatic nitrogens is 2. The molecule has 2 aromatic heterocycles. The topological polar surface area (TPSA) is 49.3 Å². The predicted molar refractivity (Wildman–Crippen MR) is 71.5 cm³/mol. The van der Waals surface area contributed by atoms with Gasteiger partial charge in [0.05, 0.1) is 6.61 Å². The maximum atomic E-state index is 9.00. The molecule has 0 spiro atoms. The van der Waals surface area contributed by atoms with Gasteiger partial charge < -0.3 is 10.0 Å². The molecule has 0 aliphatic heterocycles. The van der Waals surface area contributed by atoms with Gasteiger partial charge in [-0.05, 0) is 35.2 Å². The molecule has 0 bridgehead atoms. The third-order valence-corrected chi connectivity index (χ3v) is 3.78. The molecule has 1 saturated carbocycles. The second kappa shape index (κ2) is 5.04. The summed E-state index contributed by atoms with van der Waals surface area (Å²) in [5.74, 6) is 0.765. The minimum Gasteiger partial charge on any atom is -0.392 e. The fraction of sp³-hybridized carbons (Fsp3) is 0.385. The molecule has 5 heteroatoms. The molecule has 2 heterocycles. The zero-order chi connectivity index (χ0) is 12.4. The van der Waals surface area contributed by atoms with Crippen molar-refractivity contribution in [2.24, 2.45) is 0 Å². The molecule has 0 unspecified atom stereocenters. The van der Waals surface area contributed by atoms with Gasteiger partial charge in [-0.2, -0.15) is 11.3 Å². The van der Waals surface area contributed by atoms with Crippen LogP contribution in [-0.2, 0) is 13.2 Å². The quantitative estimate of drug-likeness (QED) is 0.896. The van der Waals surface area contributed by atoms with Crippen molar-refractivity contribution in [2.45, 2.75) is 32.0 Å². The van der Waals surface area contributed by atoms with E-state index in [0.29, 0.717) is 6.04 Å². The Labute approximate surface area is 110 Å². The third kappa shape index (κ3) is 2.52. The number of rotatable bonds is 5. The summed E-state index contributed by atoms with van der Waals surface area (Å²) >= 11 is 1.71. The minimum atomic E-state index is -0.00572. The van der Waals surface area contributed by atoms with Gasteiger partial charge in [0.15, 0.2) is 0 Å². The summed E-state index contributed by atoms with van der Waals surface area (Å²) in [6.07, 6.45) is 5.83. The lowest BCUT2D eigenvalue weighted by Gasteiger charge is -2.21. The van der Waals surface area contributed by atoms with Crippen LogP contribution in [0.25, 0.3) is 0 Å². The lowest BCUT2D eigenvalue weighted by Crippen LogP contribution is -2.26. The van der Waals surface area contributed by atoms with Crippen molar-refractivity contribution < 1.29 is 5.11 Å². The van der Waals surface area contributed by atoms with E-state index in [-0.39, 0.29) is 6.61 Å². The molecular formula is C13H15N3OS. The maximum absolute atomic E-state index is 9.00. The molecule has 1 fully saturated rings. The van der Waals surface area contributed by atoms with Crippen LogP contribution < -0.4 is 4.90 Å². The van der Waals surface area contributed by atoms with Gasteiger partial charge in [-0.15, -0.1) is 0 Å². The summed E-state index contributed by atoms with van der Waals surface area (Å²) in [6.45, 7) is 0.862. The van der Waals surface area contributed by atoms with E-state index < -0.39 is 0 Å². The number of nitrogens with zero attached hydrogens (tertiary/aromatic N) is 3. The number of thiophene rings is 1. The highest BCUT2D eigenvalue weighted by molar-refractivity contribution is 7.07. The van der Waals surface area contributed by atoms with E-state index in [1.54, 1.807) is 23.7 Å². The van der Waals surface area contributed by atoms with Crippen LogP contribution in [0.15, 0.2) is 29.2 Å². The molecule has 0 radical (unpaired) electrons. The molecule has 94 valence electrons. The Balaban J connectivity index is 1.80. The number of aliphatic hydroxyl groups is 1. The molecule has 0 amide bonds. The van der Waals surface area contributed by atoms with Gasteiger partial charge in [0.25, 0.3) is 0 Å². The molecule has 4 nitrogen and oxygen atoms in total. The molecule has 18 heavy (non-hydrogen) atoms. The van der Waals surface area contributed by atoms with E-state index in [4.69, 9.17) is 5.11 Å². The second-order valence-electron chi connectivity index (χ2n) is 4.54. The Morgan fingerprint density at radius 1 is 1.28 bits per heavy atom. The van der Waals surface area contributed by atoms with Crippen LogP contribution in [0.4, 0.5) is 5.95 Å². The smallest absolute Gasteiger partial charge is 0.225 e. The van der Waals surface area contributed by atoms with Crippen molar-refractivity contribution in [3.63, 3.8) is 0 Å². The third-order valence-electron chi connectivity index (χ3n) is 3.05. The summed E-state index contributed by atoms with van der Waals surface area (Å²) < 4.78 is 0. The minimum absolute atomic E-state index is 0.00572. The van der Waals surface area contributed by atoms with Crippen molar-refractivity contribution in [1.82, 2.24) is 9.97 Å². The molecule has 0 atom stereocenters. The zero-order valence-electron chi connectivity index (χ0n) is 9.99. The van der Waals surface area contributed by atoms with Crippen LogP contribution in [0.2, 0.25) is 0 Å². The predicted octanol–water partition coefficient (Wildman–Crippen LogP) is 2.20. The van der Waals surface area contributed by atoms with Crippen LogP contribution in [0.5, 0.6) is 0 Å². The van der Waals surface area contributed by atoms with Gasteiger partial charge in [0.1, 0.15) is 0 Å². The molecular weight excluding hydrogens is 246 g/mol. The Bertz CT molecular complexity index is 493. The zero-order valence-corrected chi connectivity index (χ0v) is 10.8. The standard InChI is InChI=1S/C13H15N3OS/c17-8-11-5-14-13(15-6-11)16(12-1-2-12)7-10-3-4-18-9-10/h3-6,9,12,17H,1-2,7-8H2. The number of aliphatic hydroxyl groups excluding tert-OH is 1. The highest BCUT2D eigenvalue weighted by atomic mass is 32.1. The van der Waals surface area contributed by atoms with Gasteiger partial charge in [-0.3, -0.25) is 0 Å². The van der Waals surface area contributed by atoms with Crippen LogP contribution in [-0.4, -0.2) is 21.1 Å². The summed E-state index contributed by atoms with van der Waals surface area (Å²) in [4.78, 5) is 11.0. The first-order valence-corrected chi connectivity index (χ1v) is 7.00. The maximum Gasteiger partial charge on any atom is 0.225 e. The summed E-state index contributed by atoms with van der Waals surface area (Å²) in [5, 5.41) is 13.3. The first-order chi connectivity index (χ1) is 8.86. The summed E-state index contributed by atoms with van der Waals surface area (Å²) in [6, 6.07) is 2.71. The van der Waals surface area contributed by atoms with Crippen LogP contribution >= 0.6 is 11.3 Å². The van der Waals surface area contributed by atoms with E-state index >= 15 is 0 Å². The molecule has 2 aromatic rings. The summed E-state index contributed by atoms with van der Waals surface area (Å²) in [5.41, 5.74) is 2.06. The largest absolute Gasteiger partial charge is 0.392 e. The Kier molecular flexibility index (Phi) is 3.25. The van der Waals surface area contributed by atoms with Gasteiger partial charge in [0, 0.05) is 30.5 Å². The number of hydrogen-bond donors (Lipinski definition) is 1. The van der Waals surface area contributed by atoms with E-state index in [0.717, 1.165) is 18.1 Å². The summed E-state index contributed by atoms with van der Waals surface area (Å²) in [7, 11) is 0. The first-order valence-electron chi connectivity index (χ1n) is 6.06. The molecule has 1 aliphatic rings. The molecule has 1 aliphatic carbocycles. The van der Waals surface area contributed by atoms with Crippen molar-refractivity contribution in [2.75, 3.05) is 4.90 Å². The van der Waals surface area contributed by atoms with Crippen LogP contribution in [0.1, 0.15) is 24.0 Å². The Morgan fingerprint density at radius 2 is 2.06 bits per heavy atom. The van der Waals surface area contributed by atoms with E-state index in [1.807, 2.05) is 0 Å². The van der Waals surface area contributed by atoms with Crippen LogP contribution in [0, 0.1) is 0 Å². The van der Waals surface area contributed by atoms with Gasteiger partial charge in [-0.25, -0.2) is 9.97 Å². The fourth-order valence-electron chi connectivity index (χ4n) is 1.91. The monoisotopic (exact) mass is 261 g/mol. The molecule has 3 rings (SSSR count).